The van der Waals surface area contributed by atoms with Gasteiger partial charge in [0.15, 0.2) is 10.7 Å². The smallest absolute Gasteiger partial charge is 0.338 e. The van der Waals surface area contributed by atoms with Gasteiger partial charge in [0, 0.05) is 48.8 Å². The van der Waals surface area contributed by atoms with Crippen LogP contribution in [0, 0.1) is 0 Å². The van der Waals surface area contributed by atoms with Gasteiger partial charge in [-0.2, -0.15) is 0 Å². The first-order valence-corrected chi connectivity index (χ1v) is 14.6. The molecule has 0 saturated carbocycles. The van der Waals surface area contributed by atoms with E-state index in [1.54, 1.807) is 17.6 Å². The molecule has 1 unspecified atom stereocenters. The van der Waals surface area contributed by atoms with Crippen molar-refractivity contribution in [2.75, 3.05) is 44.7 Å². The number of benzene rings is 1. The molecule has 39 heavy (non-hydrogen) atoms. The van der Waals surface area contributed by atoms with Crippen LogP contribution in [0.1, 0.15) is 29.2 Å². The zero-order chi connectivity index (χ0) is 26.9. The van der Waals surface area contributed by atoms with Crippen LogP contribution in [0.15, 0.2) is 79.8 Å². The van der Waals surface area contributed by atoms with Crippen LogP contribution in [0.2, 0.25) is 0 Å². The fourth-order valence-electron chi connectivity index (χ4n) is 4.90. The van der Waals surface area contributed by atoms with Crippen LogP contribution in [0.3, 0.4) is 0 Å². The summed E-state index contributed by atoms with van der Waals surface area (Å²) >= 11 is 2.79. The molecule has 8 nitrogen and oxygen atoms in total. The van der Waals surface area contributed by atoms with Gasteiger partial charge >= 0.3 is 5.97 Å². The fraction of sp³-hybridized carbons (Fsp3) is 0.276. The van der Waals surface area contributed by atoms with E-state index in [2.05, 4.69) is 16.8 Å². The molecule has 1 aromatic carbocycles. The van der Waals surface area contributed by atoms with Crippen LogP contribution in [0.5, 0.6) is 0 Å². The van der Waals surface area contributed by atoms with Gasteiger partial charge in [0.2, 0.25) is 0 Å². The highest BCUT2D eigenvalue weighted by molar-refractivity contribution is 7.10. The van der Waals surface area contributed by atoms with Gasteiger partial charge in [0.1, 0.15) is 11.8 Å². The number of furan rings is 1. The first-order valence-electron chi connectivity index (χ1n) is 12.9. The number of hydrogen-bond acceptors (Lipinski definition) is 9. The van der Waals surface area contributed by atoms with Crippen molar-refractivity contribution in [1.82, 2.24) is 9.47 Å². The van der Waals surface area contributed by atoms with E-state index < -0.39 is 12.0 Å². The van der Waals surface area contributed by atoms with Crippen LogP contribution in [-0.2, 0) is 9.53 Å². The van der Waals surface area contributed by atoms with Crippen molar-refractivity contribution in [2.45, 2.75) is 13.0 Å². The van der Waals surface area contributed by atoms with E-state index in [0.29, 0.717) is 26.4 Å². The van der Waals surface area contributed by atoms with Gasteiger partial charge in [0.05, 0.1) is 22.4 Å². The van der Waals surface area contributed by atoms with E-state index in [9.17, 15) is 9.59 Å². The van der Waals surface area contributed by atoms with E-state index in [4.69, 9.17) is 14.1 Å². The largest absolute Gasteiger partial charge is 0.463 e. The van der Waals surface area contributed by atoms with Gasteiger partial charge in [-0.05, 0) is 31.5 Å². The van der Waals surface area contributed by atoms with Gasteiger partial charge < -0.3 is 19.0 Å². The number of thiophene rings is 1. The number of anilines is 1. The first-order chi connectivity index (χ1) is 19.0. The Hall–Kier alpha value is -3.73. The molecular weight excluding hydrogens is 532 g/mol. The zero-order valence-electron chi connectivity index (χ0n) is 21.7. The summed E-state index contributed by atoms with van der Waals surface area (Å²) in [4.78, 5) is 38.1. The zero-order valence-corrected chi connectivity index (χ0v) is 23.3. The van der Waals surface area contributed by atoms with Gasteiger partial charge in [-0.25, -0.2) is 9.79 Å². The summed E-state index contributed by atoms with van der Waals surface area (Å²) in [6.07, 6.45) is 1.77. The molecule has 2 aliphatic heterocycles. The minimum Gasteiger partial charge on any atom is -0.463 e. The summed E-state index contributed by atoms with van der Waals surface area (Å²) in [7, 11) is 2.12. The maximum absolute atomic E-state index is 13.9. The van der Waals surface area contributed by atoms with E-state index in [1.165, 1.54) is 22.7 Å². The highest BCUT2D eigenvalue weighted by atomic mass is 32.1. The van der Waals surface area contributed by atoms with Crippen molar-refractivity contribution in [3.05, 3.63) is 101 Å². The van der Waals surface area contributed by atoms with E-state index >= 15 is 0 Å². The van der Waals surface area contributed by atoms with Gasteiger partial charge in [-0.3, -0.25) is 9.36 Å². The number of carbonyl (C=O) groups excluding carboxylic acids is 1. The van der Waals surface area contributed by atoms with Crippen molar-refractivity contribution in [3.8, 4) is 0 Å². The Morgan fingerprint density at radius 2 is 1.90 bits per heavy atom. The summed E-state index contributed by atoms with van der Waals surface area (Å²) in [5, 5.41) is 1.94. The molecule has 6 rings (SSSR count). The number of thiazole rings is 1. The number of likely N-dealkylation sites (N-methyl/N-ethyl adjacent to an activating group) is 1. The first kappa shape index (κ1) is 25.5. The molecule has 1 saturated heterocycles. The molecular formula is C29H28N4O4S2. The second-order valence-corrected chi connectivity index (χ2v) is 11.4. The third kappa shape index (κ3) is 4.91. The number of aromatic nitrogens is 1. The predicted octanol–water partition coefficient (Wildman–Crippen LogP) is 3.34. The van der Waals surface area contributed by atoms with Crippen LogP contribution >= 0.6 is 22.7 Å². The number of hydrogen-bond donors (Lipinski definition) is 0. The number of fused-ring (bicyclic) bond motifs is 1. The summed E-state index contributed by atoms with van der Waals surface area (Å²) in [5.41, 5.74) is 1.46. The molecule has 4 aromatic rings. The average molecular weight is 561 g/mol. The quantitative estimate of drug-likeness (QED) is 0.337. The lowest BCUT2D eigenvalue weighted by molar-refractivity contribution is -0.138. The Labute approximate surface area is 233 Å². The Bertz CT molecular complexity index is 1690. The number of piperazine rings is 1. The van der Waals surface area contributed by atoms with E-state index in [0.717, 1.165) is 42.5 Å². The highest BCUT2D eigenvalue weighted by Gasteiger charge is 2.35. The molecule has 10 heteroatoms. The number of ether oxygens (including phenoxy) is 1. The topological polar surface area (TPSA) is 80.3 Å². The number of esters is 1. The minimum absolute atomic E-state index is 0.219. The van der Waals surface area contributed by atoms with Crippen molar-refractivity contribution in [1.29, 1.82) is 0 Å². The molecule has 0 aliphatic carbocycles. The van der Waals surface area contributed by atoms with Crippen LogP contribution < -0.4 is 19.8 Å². The lowest BCUT2D eigenvalue weighted by atomic mass is 9.97. The molecule has 2 aliphatic rings. The Morgan fingerprint density at radius 1 is 1.10 bits per heavy atom. The van der Waals surface area contributed by atoms with Crippen LogP contribution in [0.25, 0.3) is 11.8 Å². The van der Waals surface area contributed by atoms with Crippen LogP contribution in [0.4, 0.5) is 5.88 Å². The molecule has 1 atom stereocenters. The average Bonchev–Trinajstić information content (AvgIpc) is 3.71. The number of nitrogens with zero attached hydrogens (tertiary/aromatic N) is 4. The Morgan fingerprint density at radius 3 is 2.62 bits per heavy atom. The molecule has 0 bridgehead atoms. The molecule has 200 valence electrons. The normalized spacial score (nSPS) is 18.3. The number of rotatable bonds is 6. The van der Waals surface area contributed by atoms with Crippen molar-refractivity contribution in [2.24, 2.45) is 4.99 Å². The van der Waals surface area contributed by atoms with Crippen molar-refractivity contribution >= 4 is 46.3 Å². The van der Waals surface area contributed by atoms with E-state index in [1.807, 2.05) is 60.0 Å². The monoisotopic (exact) mass is 560 g/mol. The Kier molecular flexibility index (Phi) is 7.07. The standard InChI is InChI=1S/C29H28N4O4S2/c1-3-36-28(35)24-25(19-8-5-4-6-9-19)30-29-33(26(24)21-10-7-17-38-21)27(34)22(39-29)18-20-11-12-23(37-20)32-15-13-31(2)14-16-32/h4-12,17-18,26H,3,13-16H2,1-2H3/b22-18+. The maximum Gasteiger partial charge on any atom is 0.338 e. The molecule has 1 fully saturated rings. The molecule has 0 N–H and O–H groups in total. The second kappa shape index (κ2) is 10.8. The lowest BCUT2D eigenvalue weighted by Crippen LogP contribution is -2.44. The van der Waals surface area contributed by atoms with Gasteiger partial charge in [-0.15, -0.1) is 11.3 Å². The summed E-state index contributed by atoms with van der Waals surface area (Å²) < 4.78 is 13.7. The van der Waals surface area contributed by atoms with Gasteiger partial charge in [0.25, 0.3) is 5.56 Å². The van der Waals surface area contributed by atoms with E-state index in [-0.39, 0.29) is 12.2 Å². The van der Waals surface area contributed by atoms with Crippen molar-refractivity contribution < 1.29 is 13.9 Å². The predicted molar refractivity (Wildman–Crippen MR) is 154 cm³/mol. The second-order valence-electron chi connectivity index (χ2n) is 9.41. The number of carbonyl (C=O) groups is 1. The minimum atomic E-state index is -0.643. The Balaban J connectivity index is 1.49. The highest BCUT2D eigenvalue weighted by Crippen LogP contribution is 2.36. The molecule has 3 aromatic heterocycles. The fourth-order valence-corrected chi connectivity index (χ4v) is 6.71. The third-order valence-corrected chi connectivity index (χ3v) is 8.79. The van der Waals surface area contributed by atoms with Crippen molar-refractivity contribution in [3.63, 3.8) is 0 Å². The molecule has 0 spiro atoms. The molecule has 0 amide bonds. The summed E-state index contributed by atoms with van der Waals surface area (Å²) in [6.45, 7) is 5.74. The summed E-state index contributed by atoms with van der Waals surface area (Å²) in [6, 6.07) is 16.6. The third-order valence-electron chi connectivity index (χ3n) is 6.89. The van der Waals surface area contributed by atoms with Crippen LogP contribution in [-0.4, -0.2) is 55.3 Å². The summed E-state index contributed by atoms with van der Waals surface area (Å²) in [5.74, 6) is 0.931. The van der Waals surface area contributed by atoms with Gasteiger partial charge in [-0.1, -0.05) is 47.7 Å². The lowest BCUT2D eigenvalue weighted by Gasteiger charge is -2.32. The SMILES string of the molecule is CCOC(=O)C1=C(c2ccccc2)N=c2s/c(=C/c3ccc(N4CCN(C)CC4)o3)c(=O)n2C1c1cccs1. The molecule has 5 heterocycles. The maximum atomic E-state index is 13.9. The molecule has 0 radical (unpaired) electrons.